The lowest BCUT2D eigenvalue weighted by atomic mass is 9.98. The van der Waals surface area contributed by atoms with Gasteiger partial charge in [-0.3, -0.25) is 0 Å². The number of ether oxygens (including phenoxy) is 2. The Balaban J connectivity index is 2.43. The van der Waals surface area contributed by atoms with Gasteiger partial charge in [-0.25, -0.2) is 9.59 Å². The van der Waals surface area contributed by atoms with Gasteiger partial charge in [-0.15, -0.1) is 0 Å². The van der Waals surface area contributed by atoms with Crippen molar-refractivity contribution < 1.29 is 24.2 Å². The first kappa shape index (κ1) is 20.0. The molecule has 2 aromatic rings. The summed E-state index contributed by atoms with van der Waals surface area (Å²) in [6.45, 7) is 3.70. The smallest absolute Gasteiger partial charge is 0.373 e. The highest BCUT2D eigenvalue weighted by Gasteiger charge is 2.14. The van der Waals surface area contributed by atoms with Crippen molar-refractivity contribution in [3.63, 3.8) is 0 Å². The first-order chi connectivity index (χ1) is 13.1. The van der Waals surface area contributed by atoms with Gasteiger partial charge in [-0.05, 0) is 48.8 Å². The second kappa shape index (κ2) is 9.97. The molecule has 0 unspecified atom stereocenters. The molecule has 0 saturated carbocycles. The van der Waals surface area contributed by atoms with Gasteiger partial charge in [0.2, 0.25) is 5.76 Å². The summed E-state index contributed by atoms with van der Waals surface area (Å²) in [5.74, 6) is -1.98. The standard InChI is InChI=1S/C22H22O5/c1-3-26-21(24)19(13-14-20(23)22(25)27-4-2)18-12-8-11-17(15-18)16-9-6-5-7-10-16/h5-15,23H,3-4H2,1-2H3. The molecule has 140 valence electrons. The molecule has 0 aromatic heterocycles. The van der Waals surface area contributed by atoms with Crippen LogP contribution in [0.3, 0.4) is 0 Å². The van der Waals surface area contributed by atoms with Crippen LogP contribution in [0.2, 0.25) is 0 Å². The molecular formula is C22H22O5. The fourth-order valence-corrected chi connectivity index (χ4v) is 2.42. The highest BCUT2D eigenvalue weighted by atomic mass is 16.5. The quantitative estimate of drug-likeness (QED) is 0.342. The summed E-state index contributed by atoms with van der Waals surface area (Å²) in [5, 5.41) is 9.78. The summed E-state index contributed by atoms with van der Waals surface area (Å²) in [7, 11) is 0. The Labute approximate surface area is 158 Å². The number of hydrogen-bond donors (Lipinski definition) is 1. The minimum Gasteiger partial charge on any atom is -0.502 e. The Morgan fingerprint density at radius 2 is 1.48 bits per heavy atom. The number of aliphatic hydroxyl groups excluding tert-OH is 1. The summed E-state index contributed by atoms with van der Waals surface area (Å²) >= 11 is 0. The first-order valence-electron chi connectivity index (χ1n) is 8.67. The molecule has 0 saturated heterocycles. The van der Waals surface area contributed by atoms with Crippen LogP contribution < -0.4 is 0 Å². The molecule has 0 fully saturated rings. The van der Waals surface area contributed by atoms with E-state index in [-0.39, 0.29) is 18.8 Å². The normalized spacial score (nSPS) is 11.8. The third kappa shape index (κ3) is 5.57. The van der Waals surface area contributed by atoms with Crippen molar-refractivity contribution in [3.8, 4) is 11.1 Å². The maximum atomic E-state index is 12.4. The van der Waals surface area contributed by atoms with Crippen molar-refractivity contribution in [2.45, 2.75) is 13.8 Å². The Hall–Kier alpha value is -3.34. The van der Waals surface area contributed by atoms with Crippen molar-refractivity contribution in [1.29, 1.82) is 0 Å². The molecule has 0 radical (unpaired) electrons. The maximum Gasteiger partial charge on any atom is 0.373 e. The molecule has 27 heavy (non-hydrogen) atoms. The van der Waals surface area contributed by atoms with Gasteiger partial charge in [0.15, 0.2) is 0 Å². The number of carbonyl (C=O) groups is 2. The van der Waals surface area contributed by atoms with Crippen molar-refractivity contribution in [1.82, 2.24) is 0 Å². The molecule has 0 aliphatic carbocycles. The topological polar surface area (TPSA) is 72.8 Å². The van der Waals surface area contributed by atoms with Crippen LogP contribution >= 0.6 is 0 Å². The molecule has 0 aliphatic heterocycles. The van der Waals surface area contributed by atoms with Crippen LogP contribution in [0.15, 0.2) is 72.5 Å². The van der Waals surface area contributed by atoms with Gasteiger partial charge in [0.05, 0.1) is 18.8 Å². The summed E-state index contributed by atoms with van der Waals surface area (Å²) in [6.07, 6.45) is 2.49. The highest BCUT2D eigenvalue weighted by Crippen LogP contribution is 2.24. The van der Waals surface area contributed by atoms with Gasteiger partial charge in [0.25, 0.3) is 0 Å². The SMILES string of the molecule is CCOC(=O)C(O)=CC=C(C(=O)OCC)c1cccc(-c2ccccc2)c1. The molecule has 0 bridgehead atoms. The Morgan fingerprint density at radius 3 is 2.15 bits per heavy atom. The van der Waals surface area contributed by atoms with E-state index >= 15 is 0 Å². The van der Waals surface area contributed by atoms with E-state index in [1.54, 1.807) is 19.9 Å². The number of benzene rings is 2. The second-order valence-electron chi connectivity index (χ2n) is 5.52. The van der Waals surface area contributed by atoms with Crippen LogP contribution in [0.25, 0.3) is 16.7 Å². The summed E-state index contributed by atoms with van der Waals surface area (Å²) in [5.41, 5.74) is 2.78. The monoisotopic (exact) mass is 366 g/mol. The van der Waals surface area contributed by atoms with E-state index in [9.17, 15) is 14.7 Å². The van der Waals surface area contributed by atoms with Crippen LogP contribution in [-0.2, 0) is 19.1 Å². The highest BCUT2D eigenvalue weighted by molar-refractivity contribution is 6.17. The van der Waals surface area contributed by atoms with E-state index in [0.717, 1.165) is 17.2 Å². The average molecular weight is 366 g/mol. The van der Waals surface area contributed by atoms with Gasteiger partial charge in [-0.2, -0.15) is 0 Å². The fraction of sp³-hybridized carbons (Fsp3) is 0.182. The van der Waals surface area contributed by atoms with Crippen molar-refractivity contribution >= 4 is 17.5 Å². The van der Waals surface area contributed by atoms with Gasteiger partial charge in [-0.1, -0.05) is 48.5 Å². The van der Waals surface area contributed by atoms with E-state index < -0.39 is 17.7 Å². The van der Waals surface area contributed by atoms with Crippen LogP contribution in [0, 0.1) is 0 Å². The summed E-state index contributed by atoms with van der Waals surface area (Å²) < 4.78 is 9.83. The molecule has 5 nitrogen and oxygen atoms in total. The Kier molecular flexibility index (Phi) is 7.37. The molecule has 0 atom stereocenters. The number of hydrogen-bond acceptors (Lipinski definition) is 5. The number of carbonyl (C=O) groups excluding carboxylic acids is 2. The molecule has 5 heteroatoms. The zero-order valence-electron chi connectivity index (χ0n) is 15.3. The number of esters is 2. The number of allylic oxidation sites excluding steroid dienone is 2. The van der Waals surface area contributed by atoms with Gasteiger partial charge < -0.3 is 14.6 Å². The lowest BCUT2D eigenvalue weighted by Crippen LogP contribution is -2.08. The van der Waals surface area contributed by atoms with Gasteiger partial charge in [0.1, 0.15) is 0 Å². The van der Waals surface area contributed by atoms with Crippen LogP contribution in [0.4, 0.5) is 0 Å². The lowest BCUT2D eigenvalue weighted by molar-refractivity contribution is -0.141. The van der Waals surface area contributed by atoms with Gasteiger partial charge in [0, 0.05) is 0 Å². The summed E-state index contributed by atoms with van der Waals surface area (Å²) in [6, 6.07) is 17.1. The molecular weight excluding hydrogens is 344 g/mol. The first-order valence-corrected chi connectivity index (χ1v) is 8.67. The number of aliphatic hydroxyl groups is 1. The fourth-order valence-electron chi connectivity index (χ4n) is 2.42. The lowest BCUT2D eigenvalue weighted by Gasteiger charge is -2.09. The van der Waals surface area contributed by atoms with E-state index in [0.29, 0.717) is 5.56 Å². The third-order valence-electron chi connectivity index (χ3n) is 3.67. The van der Waals surface area contributed by atoms with Crippen LogP contribution in [0.5, 0.6) is 0 Å². The van der Waals surface area contributed by atoms with Crippen molar-refractivity contribution in [3.05, 3.63) is 78.1 Å². The Bertz CT molecular complexity index is 850. The van der Waals surface area contributed by atoms with Crippen molar-refractivity contribution in [2.24, 2.45) is 0 Å². The molecule has 0 spiro atoms. The van der Waals surface area contributed by atoms with E-state index in [1.807, 2.05) is 48.5 Å². The maximum absolute atomic E-state index is 12.4. The van der Waals surface area contributed by atoms with E-state index in [4.69, 9.17) is 9.47 Å². The molecule has 0 heterocycles. The molecule has 1 N–H and O–H groups in total. The largest absolute Gasteiger partial charge is 0.502 e. The second-order valence-corrected chi connectivity index (χ2v) is 5.52. The predicted molar refractivity (Wildman–Crippen MR) is 104 cm³/mol. The van der Waals surface area contributed by atoms with E-state index in [2.05, 4.69) is 0 Å². The Morgan fingerprint density at radius 1 is 0.852 bits per heavy atom. The molecule has 0 amide bonds. The molecule has 2 aromatic carbocycles. The number of rotatable bonds is 7. The predicted octanol–water partition coefficient (Wildman–Crippen LogP) is 4.31. The molecule has 0 aliphatic rings. The zero-order chi connectivity index (χ0) is 19.6. The zero-order valence-corrected chi connectivity index (χ0v) is 15.3. The van der Waals surface area contributed by atoms with Crippen LogP contribution in [0.1, 0.15) is 19.4 Å². The van der Waals surface area contributed by atoms with E-state index in [1.165, 1.54) is 6.08 Å². The van der Waals surface area contributed by atoms with Crippen molar-refractivity contribution in [2.75, 3.05) is 13.2 Å². The minimum absolute atomic E-state index is 0.143. The third-order valence-corrected chi connectivity index (χ3v) is 3.67. The van der Waals surface area contributed by atoms with Gasteiger partial charge >= 0.3 is 11.9 Å². The molecule has 2 rings (SSSR count). The van der Waals surface area contributed by atoms with Crippen LogP contribution in [-0.4, -0.2) is 30.3 Å². The average Bonchev–Trinajstić information content (AvgIpc) is 2.69. The minimum atomic E-state index is -0.852. The summed E-state index contributed by atoms with van der Waals surface area (Å²) in [4.78, 5) is 23.9.